The number of carbonyl (C=O) groups excluding carboxylic acids is 1. The van der Waals surface area contributed by atoms with Crippen molar-refractivity contribution >= 4 is 17.5 Å². The first-order valence-electron chi connectivity index (χ1n) is 6.53. The molecule has 0 atom stereocenters. The van der Waals surface area contributed by atoms with Crippen LogP contribution in [0.5, 0.6) is 0 Å². The van der Waals surface area contributed by atoms with E-state index in [9.17, 15) is 14.9 Å². The van der Waals surface area contributed by atoms with E-state index in [1.165, 1.54) is 6.07 Å². The van der Waals surface area contributed by atoms with Gasteiger partial charge >= 0.3 is 5.97 Å². The molecule has 1 aliphatic rings. The van der Waals surface area contributed by atoms with Crippen molar-refractivity contribution in [3.63, 3.8) is 0 Å². The van der Waals surface area contributed by atoms with Gasteiger partial charge in [-0.1, -0.05) is 0 Å². The van der Waals surface area contributed by atoms with E-state index in [2.05, 4.69) is 4.98 Å². The summed E-state index contributed by atoms with van der Waals surface area (Å²) in [5.41, 5.74) is -0.164. The molecule has 0 unspecified atom stereocenters. The van der Waals surface area contributed by atoms with E-state index in [-0.39, 0.29) is 30.4 Å². The van der Waals surface area contributed by atoms with Gasteiger partial charge in [-0.25, -0.2) is 4.98 Å². The van der Waals surface area contributed by atoms with Crippen molar-refractivity contribution in [1.29, 1.82) is 5.26 Å². The van der Waals surface area contributed by atoms with Crippen molar-refractivity contribution in [1.82, 2.24) is 4.98 Å². The number of nitrogens with zero attached hydrogens (tertiary/aromatic N) is 4. The molecule has 0 amide bonds. The molecule has 0 aromatic carbocycles. The maximum Gasteiger partial charge on any atom is 0.325 e. The fourth-order valence-corrected chi connectivity index (χ4v) is 1.97. The number of esters is 1. The molecule has 1 aromatic rings. The fourth-order valence-electron chi connectivity index (χ4n) is 1.97. The van der Waals surface area contributed by atoms with Crippen LogP contribution < -0.4 is 4.90 Å². The zero-order valence-corrected chi connectivity index (χ0v) is 11.5. The molecule has 2 rings (SSSR count). The van der Waals surface area contributed by atoms with Crippen molar-refractivity contribution < 1.29 is 14.5 Å². The second kappa shape index (κ2) is 6.17. The number of carbonyl (C=O) groups is 1. The molecule has 8 heteroatoms. The molecule has 1 saturated carbocycles. The van der Waals surface area contributed by atoms with Crippen LogP contribution in [0, 0.1) is 21.4 Å². The van der Waals surface area contributed by atoms with Crippen molar-refractivity contribution in [3.05, 3.63) is 27.9 Å². The van der Waals surface area contributed by atoms with E-state index >= 15 is 0 Å². The monoisotopic (exact) mass is 290 g/mol. The summed E-state index contributed by atoms with van der Waals surface area (Å²) in [6.07, 6.45) is 2.88. The SMILES string of the molecule is CCOC(=O)CN(c1ncc([N+](=O)[O-])cc1C#N)C1CC1. The first kappa shape index (κ1) is 14.7. The molecule has 0 radical (unpaired) electrons. The van der Waals surface area contributed by atoms with Crippen molar-refractivity contribution in [3.8, 4) is 6.07 Å². The number of hydrogen-bond donors (Lipinski definition) is 0. The third-order valence-electron chi connectivity index (χ3n) is 3.05. The average Bonchev–Trinajstić information content (AvgIpc) is 3.29. The van der Waals surface area contributed by atoms with Crippen LogP contribution in [0.4, 0.5) is 11.5 Å². The van der Waals surface area contributed by atoms with Crippen LogP contribution in [0.2, 0.25) is 0 Å². The number of pyridine rings is 1. The summed E-state index contributed by atoms with van der Waals surface area (Å²) in [5.74, 6) is -0.118. The summed E-state index contributed by atoms with van der Waals surface area (Å²) in [5, 5.41) is 19.9. The minimum Gasteiger partial charge on any atom is -0.465 e. The summed E-state index contributed by atoms with van der Waals surface area (Å²) in [4.78, 5) is 27.5. The van der Waals surface area contributed by atoms with Crippen LogP contribution in [0.25, 0.3) is 0 Å². The molecule has 0 bridgehead atoms. The number of nitro groups is 1. The van der Waals surface area contributed by atoms with Crippen molar-refractivity contribution in [2.75, 3.05) is 18.1 Å². The van der Waals surface area contributed by atoms with Crippen LogP contribution in [-0.4, -0.2) is 35.1 Å². The van der Waals surface area contributed by atoms with Gasteiger partial charge in [0.15, 0.2) is 0 Å². The van der Waals surface area contributed by atoms with E-state index in [0.29, 0.717) is 5.82 Å². The number of aromatic nitrogens is 1. The molecule has 1 heterocycles. The Balaban J connectivity index is 2.30. The number of nitriles is 1. The van der Waals surface area contributed by atoms with E-state index in [1.807, 2.05) is 6.07 Å². The lowest BCUT2D eigenvalue weighted by Crippen LogP contribution is -2.34. The second-order valence-electron chi connectivity index (χ2n) is 4.60. The first-order chi connectivity index (χ1) is 10.1. The lowest BCUT2D eigenvalue weighted by Gasteiger charge is -2.22. The molecule has 1 fully saturated rings. The van der Waals surface area contributed by atoms with Crippen LogP contribution in [0.1, 0.15) is 25.3 Å². The molecular weight excluding hydrogens is 276 g/mol. The Morgan fingerprint density at radius 3 is 2.90 bits per heavy atom. The number of hydrogen-bond acceptors (Lipinski definition) is 7. The number of anilines is 1. The molecule has 0 N–H and O–H groups in total. The molecule has 0 aliphatic heterocycles. The number of rotatable bonds is 6. The maximum atomic E-state index is 11.7. The van der Waals surface area contributed by atoms with E-state index in [1.54, 1.807) is 11.8 Å². The molecule has 0 saturated heterocycles. The van der Waals surface area contributed by atoms with Gasteiger partial charge in [0, 0.05) is 12.1 Å². The molecular formula is C13H14N4O4. The predicted molar refractivity (Wildman–Crippen MR) is 72.6 cm³/mol. The summed E-state index contributed by atoms with van der Waals surface area (Å²) in [6, 6.07) is 3.19. The average molecular weight is 290 g/mol. The quantitative estimate of drug-likeness (QED) is 0.442. The third-order valence-corrected chi connectivity index (χ3v) is 3.05. The fraction of sp³-hybridized carbons (Fsp3) is 0.462. The van der Waals surface area contributed by atoms with Gasteiger partial charge in [0.2, 0.25) is 0 Å². The maximum absolute atomic E-state index is 11.7. The standard InChI is InChI=1S/C13H14N4O4/c1-2-21-12(18)8-16(10-3-4-10)13-9(6-14)5-11(7-15-13)17(19)20/h5,7,10H,2-4,8H2,1H3. The lowest BCUT2D eigenvalue weighted by atomic mass is 10.2. The van der Waals surface area contributed by atoms with Gasteiger partial charge in [-0.05, 0) is 19.8 Å². The number of ether oxygens (including phenoxy) is 1. The highest BCUT2D eigenvalue weighted by atomic mass is 16.6. The Labute approximate surface area is 121 Å². The van der Waals surface area contributed by atoms with Crippen LogP contribution in [0.15, 0.2) is 12.3 Å². The predicted octanol–water partition coefficient (Wildman–Crippen LogP) is 1.39. The highest BCUT2D eigenvalue weighted by Gasteiger charge is 2.33. The normalized spacial score (nSPS) is 13.3. The van der Waals surface area contributed by atoms with E-state index < -0.39 is 10.9 Å². The van der Waals surface area contributed by atoms with Gasteiger partial charge in [-0.3, -0.25) is 14.9 Å². The smallest absolute Gasteiger partial charge is 0.325 e. The summed E-state index contributed by atoms with van der Waals surface area (Å²) >= 11 is 0. The Morgan fingerprint density at radius 1 is 1.67 bits per heavy atom. The summed E-state index contributed by atoms with van der Waals surface area (Å²) in [6.45, 7) is 1.97. The van der Waals surface area contributed by atoms with Gasteiger partial charge < -0.3 is 9.64 Å². The minimum absolute atomic E-state index is 0.0159. The third kappa shape index (κ3) is 3.45. The minimum atomic E-state index is -0.607. The van der Waals surface area contributed by atoms with Crippen LogP contribution >= 0.6 is 0 Å². The molecule has 1 aromatic heterocycles. The zero-order chi connectivity index (χ0) is 15.4. The summed E-state index contributed by atoms with van der Waals surface area (Å²) in [7, 11) is 0. The second-order valence-corrected chi connectivity index (χ2v) is 4.60. The van der Waals surface area contributed by atoms with E-state index in [4.69, 9.17) is 10.00 Å². The van der Waals surface area contributed by atoms with Gasteiger partial charge in [0.05, 0.1) is 11.5 Å². The van der Waals surface area contributed by atoms with Crippen LogP contribution in [0.3, 0.4) is 0 Å². The summed E-state index contributed by atoms with van der Waals surface area (Å²) < 4.78 is 4.91. The Morgan fingerprint density at radius 2 is 2.38 bits per heavy atom. The van der Waals surface area contributed by atoms with Gasteiger partial charge in [0.25, 0.3) is 5.69 Å². The zero-order valence-electron chi connectivity index (χ0n) is 11.5. The van der Waals surface area contributed by atoms with Gasteiger partial charge in [-0.15, -0.1) is 0 Å². The lowest BCUT2D eigenvalue weighted by molar-refractivity contribution is -0.385. The Kier molecular flexibility index (Phi) is 4.33. The molecule has 21 heavy (non-hydrogen) atoms. The van der Waals surface area contributed by atoms with Crippen molar-refractivity contribution in [2.24, 2.45) is 0 Å². The first-order valence-corrected chi connectivity index (χ1v) is 6.53. The van der Waals surface area contributed by atoms with Crippen molar-refractivity contribution in [2.45, 2.75) is 25.8 Å². The highest BCUT2D eigenvalue weighted by Crippen LogP contribution is 2.33. The van der Waals surface area contributed by atoms with Crippen LogP contribution in [-0.2, 0) is 9.53 Å². The Bertz CT molecular complexity index is 607. The topological polar surface area (TPSA) is 109 Å². The molecule has 110 valence electrons. The van der Waals surface area contributed by atoms with E-state index in [0.717, 1.165) is 19.0 Å². The molecule has 1 aliphatic carbocycles. The Hall–Kier alpha value is -2.69. The van der Waals surface area contributed by atoms with Gasteiger partial charge in [-0.2, -0.15) is 5.26 Å². The largest absolute Gasteiger partial charge is 0.465 e. The molecule has 0 spiro atoms. The van der Waals surface area contributed by atoms with Gasteiger partial charge in [0.1, 0.15) is 30.2 Å². The highest BCUT2D eigenvalue weighted by molar-refractivity contribution is 5.76. The molecule has 8 nitrogen and oxygen atoms in total.